The molecule has 0 heterocycles. The van der Waals surface area contributed by atoms with E-state index in [1.165, 1.54) is 31.2 Å². The number of amides is 1. The fraction of sp³-hybridized carbons (Fsp3) is 0.214. The van der Waals surface area contributed by atoms with Crippen LogP contribution in [0.1, 0.15) is 53.0 Å². The fourth-order valence-corrected chi connectivity index (χ4v) is 3.76. The Morgan fingerprint density at radius 3 is 1.85 bits per heavy atom. The Hall–Kier alpha value is -3.93. The molecule has 1 amide bonds. The van der Waals surface area contributed by atoms with E-state index in [-0.39, 0.29) is 17.1 Å². The quantitative estimate of drug-likeness (QED) is 0.340. The molecule has 0 fully saturated rings. The van der Waals surface area contributed by atoms with Gasteiger partial charge in [-0.1, -0.05) is 44.2 Å². The van der Waals surface area contributed by atoms with Crippen molar-refractivity contribution in [3.63, 3.8) is 0 Å². The van der Waals surface area contributed by atoms with Crippen molar-refractivity contribution in [2.45, 2.75) is 26.7 Å². The lowest BCUT2D eigenvalue weighted by Gasteiger charge is -2.26. The Balaban J connectivity index is 2.05. The van der Waals surface area contributed by atoms with E-state index in [4.69, 9.17) is 0 Å². The molecule has 0 radical (unpaired) electrons. The van der Waals surface area contributed by atoms with Crippen LogP contribution < -0.4 is 5.32 Å². The van der Waals surface area contributed by atoms with Crippen LogP contribution in [0.15, 0.2) is 78.9 Å². The van der Waals surface area contributed by atoms with E-state index in [9.17, 15) is 23.6 Å². The predicted molar refractivity (Wildman–Crippen MR) is 128 cm³/mol. The monoisotopic (exact) mass is 459 g/mol. The first-order chi connectivity index (χ1) is 16.2. The minimum atomic E-state index is -1.31. The van der Waals surface area contributed by atoms with E-state index >= 15 is 0 Å². The maximum Gasteiger partial charge on any atom is 0.236 e. The van der Waals surface area contributed by atoms with Crippen molar-refractivity contribution in [3.05, 3.63) is 101 Å². The summed E-state index contributed by atoms with van der Waals surface area (Å²) in [5, 5.41) is 2.73. The minimum absolute atomic E-state index is 0.111. The number of ketones is 3. The number of halogens is 1. The van der Waals surface area contributed by atoms with Crippen LogP contribution in [0.25, 0.3) is 0 Å². The molecule has 2 atom stereocenters. The number of carbonyl (C=O) groups excluding carboxylic acids is 4. The number of rotatable bonds is 9. The van der Waals surface area contributed by atoms with E-state index < -0.39 is 35.3 Å². The second-order valence-electron chi connectivity index (χ2n) is 8.42. The maximum absolute atomic E-state index is 13.6. The highest BCUT2D eigenvalue weighted by molar-refractivity contribution is 6.14. The zero-order valence-corrected chi connectivity index (χ0v) is 19.2. The molecule has 34 heavy (non-hydrogen) atoms. The third kappa shape index (κ3) is 5.70. The zero-order chi connectivity index (χ0) is 24.8. The number of anilines is 1. The van der Waals surface area contributed by atoms with Crippen molar-refractivity contribution in [1.29, 1.82) is 0 Å². The van der Waals surface area contributed by atoms with Gasteiger partial charge in [-0.15, -0.1) is 0 Å². The Labute approximate surface area is 198 Å². The Morgan fingerprint density at radius 2 is 1.32 bits per heavy atom. The van der Waals surface area contributed by atoms with Crippen molar-refractivity contribution in [2.24, 2.45) is 11.8 Å². The van der Waals surface area contributed by atoms with Gasteiger partial charge in [0, 0.05) is 22.7 Å². The topological polar surface area (TPSA) is 80.3 Å². The molecule has 174 valence electrons. The standard InChI is InChI=1S/C28H26FNO4/c1-17(2)26(32)25(28(34)30-23-15-11-19(12-16-23)18(3)31)24(20-7-5-4-6-8-20)27(33)21-9-13-22(29)14-10-21/h4-17,24-25H,1-3H3,(H,30,34). The van der Waals surface area contributed by atoms with Gasteiger partial charge < -0.3 is 5.32 Å². The molecule has 0 saturated heterocycles. The summed E-state index contributed by atoms with van der Waals surface area (Å²) < 4.78 is 13.5. The van der Waals surface area contributed by atoms with E-state index in [0.29, 0.717) is 16.8 Å². The third-order valence-electron chi connectivity index (χ3n) is 5.62. The second kappa shape index (κ2) is 10.8. The normalized spacial score (nSPS) is 12.6. The first-order valence-corrected chi connectivity index (χ1v) is 11.0. The van der Waals surface area contributed by atoms with Gasteiger partial charge >= 0.3 is 0 Å². The summed E-state index contributed by atoms with van der Waals surface area (Å²) in [5.41, 5.74) is 1.60. The molecule has 0 aliphatic carbocycles. The van der Waals surface area contributed by atoms with Crippen LogP contribution in [0.4, 0.5) is 10.1 Å². The van der Waals surface area contributed by atoms with Gasteiger partial charge in [0.15, 0.2) is 11.6 Å². The average molecular weight is 460 g/mol. The summed E-state index contributed by atoms with van der Waals surface area (Å²) in [4.78, 5) is 51.9. The lowest BCUT2D eigenvalue weighted by atomic mass is 9.75. The summed E-state index contributed by atoms with van der Waals surface area (Å²) in [5.74, 6) is -4.99. The van der Waals surface area contributed by atoms with E-state index in [2.05, 4.69) is 5.32 Å². The van der Waals surface area contributed by atoms with Gasteiger partial charge in [-0.05, 0) is 61.0 Å². The summed E-state index contributed by atoms with van der Waals surface area (Å²) >= 11 is 0. The number of nitrogens with one attached hydrogen (secondary N) is 1. The summed E-state index contributed by atoms with van der Waals surface area (Å²) in [7, 11) is 0. The van der Waals surface area contributed by atoms with Crippen LogP contribution in [-0.2, 0) is 9.59 Å². The molecule has 2 unspecified atom stereocenters. The predicted octanol–water partition coefficient (Wildman–Crippen LogP) is 5.47. The van der Waals surface area contributed by atoms with Crippen LogP contribution in [0.2, 0.25) is 0 Å². The zero-order valence-electron chi connectivity index (χ0n) is 19.2. The van der Waals surface area contributed by atoms with Crippen molar-refractivity contribution >= 4 is 28.9 Å². The molecule has 0 aliphatic heterocycles. The molecular weight excluding hydrogens is 433 g/mol. The van der Waals surface area contributed by atoms with Crippen molar-refractivity contribution in [2.75, 3.05) is 5.32 Å². The first kappa shape index (κ1) is 24.7. The third-order valence-corrected chi connectivity index (χ3v) is 5.62. The minimum Gasteiger partial charge on any atom is -0.325 e. The van der Waals surface area contributed by atoms with E-state index in [0.717, 1.165) is 0 Å². The van der Waals surface area contributed by atoms with Gasteiger partial charge in [0.2, 0.25) is 5.91 Å². The van der Waals surface area contributed by atoms with Crippen molar-refractivity contribution in [1.82, 2.24) is 0 Å². The molecule has 6 heteroatoms. The molecule has 3 rings (SSSR count). The highest BCUT2D eigenvalue weighted by atomic mass is 19.1. The Bertz CT molecular complexity index is 1190. The highest BCUT2D eigenvalue weighted by Crippen LogP contribution is 2.32. The van der Waals surface area contributed by atoms with Crippen LogP contribution in [-0.4, -0.2) is 23.3 Å². The number of benzene rings is 3. The number of hydrogen-bond acceptors (Lipinski definition) is 4. The largest absolute Gasteiger partial charge is 0.325 e. The first-order valence-electron chi connectivity index (χ1n) is 11.0. The van der Waals surface area contributed by atoms with Gasteiger partial charge in [0.05, 0.1) is 5.92 Å². The van der Waals surface area contributed by atoms with Crippen molar-refractivity contribution in [3.8, 4) is 0 Å². The average Bonchev–Trinajstić information content (AvgIpc) is 2.82. The molecule has 3 aromatic carbocycles. The number of hydrogen-bond donors (Lipinski definition) is 1. The van der Waals surface area contributed by atoms with Gasteiger partial charge in [-0.2, -0.15) is 0 Å². The summed E-state index contributed by atoms with van der Waals surface area (Å²) in [6.07, 6.45) is 0. The van der Waals surface area contributed by atoms with Gasteiger partial charge in [-0.3, -0.25) is 19.2 Å². The molecule has 0 aliphatic rings. The fourth-order valence-electron chi connectivity index (χ4n) is 3.76. The molecule has 0 bridgehead atoms. The summed E-state index contributed by atoms with van der Waals surface area (Å²) in [6.45, 7) is 4.79. The maximum atomic E-state index is 13.6. The molecule has 3 aromatic rings. The second-order valence-corrected chi connectivity index (χ2v) is 8.42. The number of Topliss-reactive ketones (excluding diaryl/α,β-unsaturated/α-hetero) is 3. The number of carbonyl (C=O) groups is 4. The van der Waals surface area contributed by atoms with Crippen LogP contribution in [0, 0.1) is 17.7 Å². The van der Waals surface area contributed by atoms with Crippen LogP contribution in [0.3, 0.4) is 0 Å². The lowest BCUT2D eigenvalue weighted by Crippen LogP contribution is -2.40. The molecule has 1 N–H and O–H groups in total. The lowest BCUT2D eigenvalue weighted by molar-refractivity contribution is -0.133. The van der Waals surface area contributed by atoms with Crippen LogP contribution in [0.5, 0.6) is 0 Å². The van der Waals surface area contributed by atoms with E-state index in [1.54, 1.807) is 68.4 Å². The Kier molecular flexibility index (Phi) is 7.84. The van der Waals surface area contributed by atoms with Crippen molar-refractivity contribution < 1.29 is 23.6 Å². The highest BCUT2D eigenvalue weighted by Gasteiger charge is 2.41. The Morgan fingerprint density at radius 1 is 0.765 bits per heavy atom. The van der Waals surface area contributed by atoms with Gasteiger partial charge in [0.25, 0.3) is 0 Å². The van der Waals surface area contributed by atoms with E-state index in [1.807, 2.05) is 0 Å². The molecule has 0 aromatic heterocycles. The smallest absolute Gasteiger partial charge is 0.236 e. The molecule has 0 saturated carbocycles. The SMILES string of the molecule is CC(=O)c1ccc(NC(=O)C(C(=O)C(C)C)C(C(=O)c2ccc(F)cc2)c2ccccc2)cc1. The van der Waals surface area contributed by atoms with Gasteiger partial charge in [-0.25, -0.2) is 4.39 Å². The van der Waals surface area contributed by atoms with Gasteiger partial charge in [0.1, 0.15) is 17.5 Å². The molecular formula is C28H26FNO4. The molecule has 5 nitrogen and oxygen atoms in total. The summed E-state index contributed by atoms with van der Waals surface area (Å²) in [6, 6.07) is 20.0. The molecule has 0 spiro atoms. The van der Waals surface area contributed by atoms with Crippen LogP contribution >= 0.6 is 0 Å².